The van der Waals surface area contributed by atoms with Crippen molar-refractivity contribution in [1.82, 2.24) is 14.8 Å². The van der Waals surface area contributed by atoms with Crippen LogP contribution in [0.3, 0.4) is 0 Å². The van der Waals surface area contributed by atoms with E-state index in [9.17, 15) is 19.8 Å². The third kappa shape index (κ3) is 7.02. The molecule has 240 valence electrons. The summed E-state index contributed by atoms with van der Waals surface area (Å²) in [4.78, 5) is 32.7. The minimum Gasteiger partial charge on any atom is -0.506 e. The van der Waals surface area contributed by atoms with E-state index in [1.54, 1.807) is 17.4 Å². The number of unbranched alkanes of at least 4 members (excludes halogenated alkanes) is 1. The third-order valence-corrected chi connectivity index (χ3v) is 11.2. The number of nitrogens with zero attached hydrogens (tertiary/aromatic N) is 2. The molecule has 2 saturated heterocycles. The zero-order valence-corrected chi connectivity index (χ0v) is 27.2. The van der Waals surface area contributed by atoms with Crippen LogP contribution >= 0.6 is 22.7 Å². The number of aliphatic hydroxyl groups excluding tert-OH is 1. The average molecular weight is 654 g/mol. The van der Waals surface area contributed by atoms with Gasteiger partial charge >= 0.3 is 4.87 Å². The summed E-state index contributed by atoms with van der Waals surface area (Å²) in [5.41, 5.74) is 2.76. The summed E-state index contributed by atoms with van der Waals surface area (Å²) in [5.74, 6) is -0.0935. The van der Waals surface area contributed by atoms with Crippen LogP contribution in [0.2, 0.25) is 0 Å². The fraction of sp³-hybridized carbons (Fsp3) is 0.471. The first-order valence-corrected chi connectivity index (χ1v) is 17.5. The van der Waals surface area contributed by atoms with Crippen LogP contribution in [0.15, 0.2) is 46.6 Å². The Kier molecular flexibility index (Phi) is 9.72. The van der Waals surface area contributed by atoms with Gasteiger partial charge in [0.15, 0.2) is 0 Å². The summed E-state index contributed by atoms with van der Waals surface area (Å²) in [6.45, 7) is 5.93. The predicted octanol–water partition coefficient (Wildman–Crippen LogP) is 6.01. The monoisotopic (exact) mass is 653 g/mol. The number of rotatable bonds is 10. The molecule has 1 amide bonds. The number of likely N-dealkylation sites (tertiary alicyclic amines) is 1. The molecule has 0 aliphatic carbocycles. The predicted molar refractivity (Wildman–Crippen MR) is 176 cm³/mol. The highest BCUT2D eigenvalue weighted by atomic mass is 32.1. The lowest BCUT2D eigenvalue weighted by Gasteiger charge is -2.47. The number of carbonyl (C=O) groups is 1. The highest BCUT2D eigenvalue weighted by molar-refractivity contribution is 7.16. The van der Waals surface area contributed by atoms with E-state index in [0.717, 1.165) is 49.3 Å². The number of ether oxygens (including phenoxy) is 1. The molecule has 1 atom stereocenters. The molecule has 0 unspecified atom stereocenters. The molecule has 4 aromatic rings. The number of aromatic hydroxyl groups is 1. The zero-order chi connectivity index (χ0) is 31.6. The maximum absolute atomic E-state index is 15.6. The van der Waals surface area contributed by atoms with E-state index in [0.29, 0.717) is 78.8 Å². The van der Waals surface area contributed by atoms with Crippen molar-refractivity contribution in [1.29, 1.82) is 0 Å². The molecular weight excluding hydrogens is 614 g/mol. The van der Waals surface area contributed by atoms with Crippen LogP contribution in [0.25, 0.3) is 10.2 Å². The standard InChI is InChI=1S/C34H40FN3O5S2/c1-2-25-18-24(20-44-25)32(41)38-16-17-43-34(21-38)12-14-37(15-13-34)19-23-8-5-7-22(29(23)35)6-3-4-9-27(39)26-10-11-28(40)30-31(26)45-33(42)36-30/h5,7-8,10-11,18,20,27,39-40H,2-4,6,9,12-17,19,21H2,1H3,(H,36,42)/t27-/m0/s1. The second kappa shape index (κ2) is 13.7. The molecule has 2 aromatic carbocycles. The average Bonchev–Trinajstić information content (AvgIpc) is 3.69. The third-order valence-electron chi connectivity index (χ3n) is 9.23. The molecule has 0 saturated carbocycles. The molecule has 3 N–H and O–H groups in total. The number of morpholine rings is 1. The topological polar surface area (TPSA) is 106 Å². The van der Waals surface area contributed by atoms with E-state index in [1.165, 1.54) is 10.9 Å². The van der Waals surface area contributed by atoms with E-state index < -0.39 is 6.10 Å². The summed E-state index contributed by atoms with van der Waals surface area (Å²) >= 11 is 2.61. The summed E-state index contributed by atoms with van der Waals surface area (Å²) in [5, 5.41) is 22.8. The normalized spacial score (nSPS) is 17.7. The van der Waals surface area contributed by atoms with Gasteiger partial charge in [-0.15, -0.1) is 11.3 Å². The number of aliphatic hydroxyl groups is 1. The maximum atomic E-state index is 15.6. The van der Waals surface area contributed by atoms with Gasteiger partial charge in [-0.1, -0.05) is 48.9 Å². The number of carbonyl (C=O) groups excluding carboxylic acids is 1. The van der Waals surface area contributed by atoms with E-state index in [2.05, 4.69) is 16.8 Å². The summed E-state index contributed by atoms with van der Waals surface area (Å²) in [7, 11) is 0. The number of hydrogen-bond acceptors (Lipinski definition) is 8. The molecule has 11 heteroatoms. The van der Waals surface area contributed by atoms with E-state index in [4.69, 9.17) is 4.74 Å². The van der Waals surface area contributed by atoms with Gasteiger partial charge < -0.3 is 24.8 Å². The Hall–Kier alpha value is -3.09. The Balaban J connectivity index is 0.993. The number of H-pyrrole nitrogens is 1. The fourth-order valence-corrected chi connectivity index (χ4v) is 8.33. The second-order valence-corrected chi connectivity index (χ2v) is 14.2. The fourth-order valence-electron chi connectivity index (χ4n) is 6.60. The molecule has 6 rings (SSSR count). The number of aromatic amines is 1. The van der Waals surface area contributed by atoms with Crippen LogP contribution in [0.5, 0.6) is 5.75 Å². The molecule has 4 heterocycles. The number of nitrogens with one attached hydrogen (secondary N) is 1. The molecule has 0 bridgehead atoms. The molecular formula is C34H40FN3O5S2. The summed E-state index contributed by atoms with van der Waals surface area (Å²) in [6.07, 6.45) is 4.20. The van der Waals surface area contributed by atoms with Crippen LogP contribution in [-0.2, 0) is 24.1 Å². The van der Waals surface area contributed by atoms with Crippen LogP contribution in [0.4, 0.5) is 4.39 Å². The van der Waals surface area contributed by atoms with Gasteiger partial charge in [0.25, 0.3) is 5.91 Å². The first-order valence-electron chi connectivity index (χ1n) is 15.8. The number of hydrogen-bond donors (Lipinski definition) is 3. The van der Waals surface area contributed by atoms with Crippen molar-refractivity contribution in [2.24, 2.45) is 0 Å². The molecule has 2 aliphatic heterocycles. The molecule has 8 nitrogen and oxygen atoms in total. The van der Waals surface area contributed by atoms with Gasteiger partial charge in [-0.05, 0) is 56.2 Å². The number of phenols is 1. The molecule has 2 fully saturated rings. The molecule has 0 radical (unpaired) electrons. The number of fused-ring (bicyclic) bond motifs is 1. The van der Waals surface area contributed by atoms with Crippen molar-refractivity contribution >= 4 is 38.8 Å². The number of thiophene rings is 1. The minimum absolute atomic E-state index is 0.0145. The lowest BCUT2D eigenvalue weighted by atomic mass is 9.88. The van der Waals surface area contributed by atoms with Crippen molar-refractivity contribution < 1.29 is 24.1 Å². The number of amides is 1. The van der Waals surface area contributed by atoms with Crippen molar-refractivity contribution in [3.05, 3.63) is 84.4 Å². The number of halogens is 1. The first kappa shape index (κ1) is 31.9. The van der Waals surface area contributed by atoms with Gasteiger partial charge in [0.05, 0.1) is 35.1 Å². The summed E-state index contributed by atoms with van der Waals surface area (Å²) < 4.78 is 22.4. The van der Waals surface area contributed by atoms with Crippen molar-refractivity contribution in [3.8, 4) is 5.75 Å². The number of thiazole rings is 1. The Labute approximate surface area is 270 Å². The lowest BCUT2D eigenvalue weighted by molar-refractivity contribution is -0.128. The van der Waals surface area contributed by atoms with Crippen molar-refractivity contribution in [3.63, 3.8) is 0 Å². The Bertz CT molecular complexity index is 1710. The quantitative estimate of drug-likeness (QED) is 0.181. The Morgan fingerprint density at radius 2 is 1.96 bits per heavy atom. The number of aryl methyl sites for hydroxylation is 2. The first-order chi connectivity index (χ1) is 21.7. The zero-order valence-electron chi connectivity index (χ0n) is 25.5. The number of phenolic OH excluding ortho intramolecular Hbond substituents is 1. The van der Waals surface area contributed by atoms with Crippen molar-refractivity contribution in [2.45, 2.75) is 70.1 Å². The van der Waals surface area contributed by atoms with E-state index in [-0.39, 0.29) is 27.9 Å². The van der Waals surface area contributed by atoms with Crippen LogP contribution in [0, 0.1) is 5.82 Å². The van der Waals surface area contributed by atoms with Gasteiger partial charge in [0.2, 0.25) is 0 Å². The number of aromatic nitrogens is 1. The van der Waals surface area contributed by atoms with E-state index >= 15 is 4.39 Å². The summed E-state index contributed by atoms with van der Waals surface area (Å²) in [6, 6.07) is 10.7. The minimum atomic E-state index is -0.777. The van der Waals surface area contributed by atoms with Crippen LogP contribution < -0.4 is 4.87 Å². The SMILES string of the molecule is CCc1cc(C(=O)N2CCOC3(CCN(Cc4cccc(CCCC[C@H](O)c5ccc(O)c6[nH]c(=O)sc56)c4F)CC3)C2)cs1. The smallest absolute Gasteiger partial charge is 0.305 e. The largest absolute Gasteiger partial charge is 0.506 e. The van der Waals surface area contributed by atoms with Crippen LogP contribution in [0.1, 0.15) is 77.1 Å². The second-order valence-electron chi connectivity index (χ2n) is 12.2. The van der Waals surface area contributed by atoms with Crippen molar-refractivity contribution in [2.75, 3.05) is 32.8 Å². The van der Waals surface area contributed by atoms with Gasteiger partial charge in [0, 0.05) is 47.6 Å². The molecule has 2 aromatic heterocycles. The van der Waals surface area contributed by atoms with Gasteiger partial charge in [-0.3, -0.25) is 14.5 Å². The molecule has 2 aliphatic rings. The Morgan fingerprint density at radius 1 is 1.16 bits per heavy atom. The van der Waals surface area contributed by atoms with Gasteiger partial charge in [-0.2, -0.15) is 0 Å². The molecule has 1 spiro atoms. The Morgan fingerprint density at radius 3 is 2.73 bits per heavy atom. The number of piperidine rings is 1. The van der Waals surface area contributed by atoms with E-state index in [1.807, 2.05) is 34.5 Å². The van der Waals surface area contributed by atoms with Gasteiger partial charge in [-0.25, -0.2) is 4.39 Å². The highest BCUT2D eigenvalue weighted by Crippen LogP contribution is 2.34. The van der Waals surface area contributed by atoms with Crippen LogP contribution in [-0.4, -0.2) is 69.3 Å². The highest BCUT2D eigenvalue weighted by Gasteiger charge is 2.41. The number of benzene rings is 2. The maximum Gasteiger partial charge on any atom is 0.305 e. The lowest BCUT2D eigenvalue weighted by Crippen LogP contribution is -2.57. The van der Waals surface area contributed by atoms with Gasteiger partial charge in [0.1, 0.15) is 17.1 Å². The molecule has 45 heavy (non-hydrogen) atoms.